The molecule has 2 aromatic heterocycles. The summed E-state index contributed by atoms with van der Waals surface area (Å²) in [7, 11) is 0. The zero-order valence-electron chi connectivity index (χ0n) is 11.3. The van der Waals surface area contributed by atoms with Crippen molar-refractivity contribution in [3.8, 4) is 0 Å². The van der Waals surface area contributed by atoms with Crippen LogP contribution >= 0.6 is 0 Å². The van der Waals surface area contributed by atoms with E-state index in [9.17, 15) is 9.59 Å². The number of hydrogen-bond acceptors (Lipinski definition) is 4. The fraction of sp³-hybridized carbons (Fsp3) is 0.333. The molecule has 1 amide bonds. The molecule has 1 aliphatic carbocycles. The number of nitrogens with zero attached hydrogens (tertiary/aromatic N) is 1. The fourth-order valence-electron chi connectivity index (χ4n) is 2.37. The third kappa shape index (κ3) is 2.99. The van der Waals surface area contributed by atoms with Crippen LogP contribution in [0.15, 0.2) is 45.6 Å². The largest absolute Gasteiger partial charge is 0.481 e. The van der Waals surface area contributed by atoms with Crippen molar-refractivity contribution in [3.05, 3.63) is 48.3 Å². The average molecular weight is 289 g/mol. The Morgan fingerprint density at radius 2 is 1.67 bits per heavy atom. The molecular weight excluding hydrogens is 274 g/mol. The first kappa shape index (κ1) is 13.5. The number of carboxylic acid groups (broad SMARTS) is 1. The predicted octanol–water partition coefficient (Wildman–Crippen LogP) is 2.12. The molecule has 0 spiro atoms. The Hall–Kier alpha value is -2.50. The molecule has 6 heteroatoms. The van der Waals surface area contributed by atoms with Gasteiger partial charge in [-0.15, -0.1) is 0 Å². The maximum absolute atomic E-state index is 12.5. The zero-order valence-corrected chi connectivity index (χ0v) is 11.3. The van der Waals surface area contributed by atoms with Crippen LogP contribution in [0.4, 0.5) is 0 Å². The first-order valence-electron chi connectivity index (χ1n) is 6.71. The Bertz CT molecular complexity index is 580. The van der Waals surface area contributed by atoms with Gasteiger partial charge in [-0.3, -0.25) is 9.59 Å². The zero-order chi connectivity index (χ0) is 14.8. The highest BCUT2D eigenvalue weighted by Crippen LogP contribution is 2.40. The van der Waals surface area contributed by atoms with Crippen LogP contribution in [-0.4, -0.2) is 21.9 Å². The van der Waals surface area contributed by atoms with E-state index >= 15 is 0 Å². The molecule has 1 N–H and O–H groups in total. The molecule has 0 saturated heterocycles. The highest BCUT2D eigenvalue weighted by Gasteiger charge is 2.49. The minimum atomic E-state index is -0.913. The topological polar surface area (TPSA) is 83.9 Å². The van der Waals surface area contributed by atoms with Gasteiger partial charge in [0.25, 0.3) is 0 Å². The van der Waals surface area contributed by atoms with Crippen molar-refractivity contribution in [2.45, 2.75) is 19.5 Å². The summed E-state index contributed by atoms with van der Waals surface area (Å²) in [5.41, 5.74) is 0. The number of furan rings is 2. The molecule has 3 rings (SSSR count). The van der Waals surface area contributed by atoms with Gasteiger partial charge >= 0.3 is 5.97 Å². The van der Waals surface area contributed by atoms with Gasteiger partial charge in [0.1, 0.15) is 11.5 Å². The molecule has 1 aliphatic rings. The SMILES string of the molecule is O=C(O)[C@H]1C[C@H]1C(=O)N(Cc1ccco1)Cc1ccco1. The Labute approximate surface area is 121 Å². The van der Waals surface area contributed by atoms with Gasteiger partial charge in [-0.05, 0) is 30.7 Å². The number of hydrogen-bond donors (Lipinski definition) is 1. The second kappa shape index (κ2) is 5.47. The molecule has 2 atom stereocenters. The summed E-state index contributed by atoms with van der Waals surface area (Å²) >= 11 is 0. The summed E-state index contributed by atoms with van der Waals surface area (Å²) in [5, 5.41) is 8.96. The number of rotatable bonds is 6. The predicted molar refractivity (Wildman–Crippen MR) is 70.9 cm³/mol. The summed E-state index contributed by atoms with van der Waals surface area (Å²) in [4.78, 5) is 25.0. The number of carbonyl (C=O) groups excluding carboxylic acids is 1. The van der Waals surface area contributed by atoms with Crippen LogP contribution in [0.5, 0.6) is 0 Å². The van der Waals surface area contributed by atoms with Gasteiger partial charge in [0.2, 0.25) is 5.91 Å². The minimum absolute atomic E-state index is 0.171. The molecule has 0 bridgehead atoms. The molecule has 2 aromatic rings. The van der Waals surface area contributed by atoms with E-state index in [1.165, 1.54) is 0 Å². The van der Waals surface area contributed by atoms with E-state index in [0.29, 0.717) is 31.0 Å². The number of carboxylic acids is 1. The molecule has 0 aromatic carbocycles. The van der Waals surface area contributed by atoms with E-state index in [1.54, 1.807) is 41.7 Å². The molecule has 1 fully saturated rings. The second-order valence-corrected chi connectivity index (χ2v) is 5.14. The molecule has 110 valence electrons. The first-order chi connectivity index (χ1) is 10.1. The standard InChI is InChI=1S/C15H15NO5/c17-14(12-7-13(12)15(18)19)16(8-10-3-1-5-20-10)9-11-4-2-6-21-11/h1-6,12-13H,7-9H2,(H,18,19)/t12-,13+/m1/s1. The molecule has 0 aliphatic heterocycles. The Balaban J connectivity index is 1.72. The second-order valence-electron chi connectivity index (χ2n) is 5.14. The van der Waals surface area contributed by atoms with Gasteiger partial charge in [0, 0.05) is 0 Å². The van der Waals surface area contributed by atoms with Crippen LogP contribution in [0.1, 0.15) is 17.9 Å². The highest BCUT2D eigenvalue weighted by atomic mass is 16.4. The molecule has 1 saturated carbocycles. The molecular formula is C15H15NO5. The van der Waals surface area contributed by atoms with E-state index in [-0.39, 0.29) is 5.91 Å². The maximum Gasteiger partial charge on any atom is 0.307 e. The highest BCUT2D eigenvalue weighted by molar-refractivity contribution is 5.89. The molecule has 2 heterocycles. The van der Waals surface area contributed by atoms with Gasteiger partial charge in [-0.25, -0.2) is 0 Å². The lowest BCUT2D eigenvalue weighted by Gasteiger charge is -2.20. The van der Waals surface area contributed by atoms with Crippen molar-refractivity contribution in [1.29, 1.82) is 0 Å². The maximum atomic E-state index is 12.5. The van der Waals surface area contributed by atoms with E-state index in [1.807, 2.05) is 0 Å². The smallest absolute Gasteiger partial charge is 0.307 e. The van der Waals surface area contributed by atoms with Gasteiger partial charge in [-0.1, -0.05) is 0 Å². The first-order valence-corrected chi connectivity index (χ1v) is 6.71. The minimum Gasteiger partial charge on any atom is -0.481 e. The fourth-order valence-corrected chi connectivity index (χ4v) is 2.37. The van der Waals surface area contributed by atoms with E-state index in [4.69, 9.17) is 13.9 Å². The molecule has 0 unspecified atom stereocenters. The average Bonchev–Trinajstić information content (AvgIpc) is 2.85. The van der Waals surface area contributed by atoms with Gasteiger partial charge < -0.3 is 18.8 Å². The quantitative estimate of drug-likeness (QED) is 0.880. The van der Waals surface area contributed by atoms with Crippen molar-refractivity contribution in [2.75, 3.05) is 0 Å². The summed E-state index contributed by atoms with van der Waals surface area (Å²) in [6.07, 6.45) is 3.49. The van der Waals surface area contributed by atoms with Gasteiger partial charge in [0.15, 0.2) is 0 Å². The molecule has 0 radical (unpaired) electrons. The van der Waals surface area contributed by atoms with Gasteiger partial charge in [0.05, 0.1) is 37.5 Å². The molecule has 6 nitrogen and oxygen atoms in total. The summed E-state index contributed by atoms with van der Waals surface area (Å²) < 4.78 is 10.5. The molecule has 21 heavy (non-hydrogen) atoms. The summed E-state index contributed by atoms with van der Waals surface area (Å²) in [6, 6.07) is 7.07. The van der Waals surface area contributed by atoms with E-state index in [2.05, 4.69) is 0 Å². The van der Waals surface area contributed by atoms with Crippen LogP contribution in [0.25, 0.3) is 0 Å². The van der Waals surface area contributed by atoms with Crippen LogP contribution in [0.3, 0.4) is 0 Å². The summed E-state index contributed by atoms with van der Waals surface area (Å²) in [6.45, 7) is 0.602. The monoisotopic (exact) mass is 289 g/mol. The van der Waals surface area contributed by atoms with E-state index < -0.39 is 17.8 Å². The number of amides is 1. The Kier molecular flexibility index (Phi) is 3.51. The van der Waals surface area contributed by atoms with E-state index in [0.717, 1.165) is 0 Å². The Morgan fingerprint density at radius 3 is 2.05 bits per heavy atom. The van der Waals surface area contributed by atoms with Crippen LogP contribution < -0.4 is 0 Å². The summed E-state index contributed by atoms with van der Waals surface area (Å²) in [5.74, 6) is -0.773. The van der Waals surface area contributed by atoms with Crippen LogP contribution in [-0.2, 0) is 22.7 Å². The van der Waals surface area contributed by atoms with Crippen molar-refractivity contribution in [1.82, 2.24) is 4.90 Å². The lowest BCUT2D eigenvalue weighted by Crippen LogP contribution is -2.32. The Morgan fingerprint density at radius 1 is 1.10 bits per heavy atom. The number of aliphatic carboxylic acids is 1. The van der Waals surface area contributed by atoms with Crippen molar-refractivity contribution >= 4 is 11.9 Å². The lowest BCUT2D eigenvalue weighted by molar-refractivity contribution is -0.142. The van der Waals surface area contributed by atoms with Crippen molar-refractivity contribution in [2.24, 2.45) is 11.8 Å². The van der Waals surface area contributed by atoms with Gasteiger partial charge in [-0.2, -0.15) is 0 Å². The third-order valence-electron chi connectivity index (χ3n) is 3.59. The third-order valence-corrected chi connectivity index (χ3v) is 3.59. The van der Waals surface area contributed by atoms with Crippen LogP contribution in [0.2, 0.25) is 0 Å². The number of carbonyl (C=O) groups is 2. The lowest BCUT2D eigenvalue weighted by atomic mass is 10.2. The van der Waals surface area contributed by atoms with Crippen molar-refractivity contribution < 1.29 is 23.5 Å². The van der Waals surface area contributed by atoms with Crippen LogP contribution in [0, 0.1) is 11.8 Å². The van der Waals surface area contributed by atoms with Crippen molar-refractivity contribution in [3.63, 3.8) is 0 Å². The normalized spacial score (nSPS) is 20.2.